The molecule has 0 spiro atoms. The van der Waals surface area contributed by atoms with Crippen LogP contribution in [0.5, 0.6) is 0 Å². The highest BCUT2D eigenvalue weighted by molar-refractivity contribution is 7.81. The molecule has 23 heteroatoms. The van der Waals surface area contributed by atoms with Crippen molar-refractivity contribution in [3.63, 3.8) is 0 Å². The Balaban J connectivity index is 0.596. The van der Waals surface area contributed by atoms with Crippen LogP contribution in [-0.4, -0.2) is 193 Å². The van der Waals surface area contributed by atoms with E-state index in [0.29, 0.717) is 64.2 Å². The Hall–Kier alpha value is -1.82. The Morgan fingerprint density at radius 2 is 1.02 bits per heavy atom. The van der Waals surface area contributed by atoms with Crippen LogP contribution >= 0.6 is 0 Å². The summed E-state index contributed by atoms with van der Waals surface area (Å²) >= 11 is 0. The molecule has 0 unspecified atom stereocenters. The highest BCUT2D eigenvalue weighted by Gasteiger charge is 2.65. The molecule has 0 amide bonds. The fourth-order valence-electron chi connectivity index (χ4n) is 19.9. The number of aliphatic hydroxyl groups is 2. The predicted molar refractivity (Wildman–Crippen MR) is 400 cm³/mol. The van der Waals surface area contributed by atoms with Crippen LogP contribution in [0.15, 0.2) is 48.6 Å². The zero-order valence-electron chi connectivity index (χ0n) is 64.9. The lowest BCUT2D eigenvalue weighted by atomic mass is 9.73. The first kappa shape index (κ1) is 84.1. The molecule has 11 fully saturated rings. The van der Waals surface area contributed by atoms with Crippen LogP contribution in [0.3, 0.4) is 0 Å². The van der Waals surface area contributed by atoms with E-state index in [1.165, 1.54) is 167 Å². The molecular formula is C82H136O21S2. The normalized spacial score (nSPS) is 41.1. The van der Waals surface area contributed by atoms with Crippen molar-refractivity contribution in [3.8, 4) is 0 Å². The molecule has 602 valence electrons. The number of unbranched alkanes of at least 4 members (excludes halogenated alkanes) is 25. The summed E-state index contributed by atoms with van der Waals surface area (Å²) in [4.78, 5) is 0. The smallest absolute Gasteiger partial charge is 0.387 e. The second-order valence-corrected chi connectivity index (χ2v) is 37.1. The van der Waals surface area contributed by atoms with Gasteiger partial charge in [-0.2, -0.15) is 16.8 Å². The Labute approximate surface area is 630 Å². The van der Waals surface area contributed by atoms with E-state index in [1.54, 1.807) is 13.0 Å². The summed E-state index contributed by atoms with van der Waals surface area (Å²) in [7, 11) is -9.75. The molecule has 0 aromatic rings. The van der Waals surface area contributed by atoms with Crippen LogP contribution in [0, 0.1) is 5.92 Å². The van der Waals surface area contributed by atoms with E-state index in [4.69, 9.17) is 56.3 Å². The molecular weight excluding hydrogens is 1390 g/mol. The first-order valence-corrected chi connectivity index (χ1v) is 44.4. The van der Waals surface area contributed by atoms with Gasteiger partial charge < -0.3 is 62.3 Å². The number of aliphatic hydroxyl groups excluding tert-OH is 1. The van der Waals surface area contributed by atoms with Gasteiger partial charge in [0, 0.05) is 51.4 Å². The molecule has 0 aliphatic carbocycles. The fraction of sp³-hybridized carbons (Fsp3) is 0.902. The highest BCUT2D eigenvalue weighted by Crippen LogP contribution is 2.54. The Morgan fingerprint density at radius 3 is 1.58 bits per heavy atom. The summed E-state index contributed by atoms with van der Waals surface area (Å²) in [5.74, 6) is 0.0640. The SMILES string of the molecule is C=C(/C=C/[C@@](C)(O)[C@H]1O[C@@H]2C[C@@H]3O[C@@H]4C[C@@H]5O[C@@H]6C[C@@H]7O[C@@H]8C[C@@H]9O[C@@H]%10C[C@@H]%11O[C@](C)(CCOS(=O)(=O)O)[C@@H](OS(=O)(=O)O)C[C@H]%11O[C@H]%10C[C@H]9O[C@H]8CC[C@@]7(C)O[C@@]6(C)CC[C@H](C)[C@H]5O[C@H]4[C@H](O)[C@@]3(C)O[C@H]2CC1=C)C/C=C/CCCCCCCCCCCCCCCCCCCCCCCCCCC. The number of rotatable bonds is 37. The molecule has 11 aliphatic heterocycles. The molecule has 0 aromatic heterocycles. The first-order chi connectivity index (χ1) is 50.0. The van der Waals surface area contributed by atoms with Gasteiger partial charge >= 0.3 is 20.8 Å². The van der Waals surface area contributed by atoms with E-state index in [-0.39, 0.29) is 67.6 Å². The number of fused-ring (bicyclic) bond motifs is 10. The molecule has 26 atom stereocenters. The maximum Gasteiger partial charge on any atom is 0.397 e. The molecule has 11 saturated heterocycles. The Morgan fingerprint density at radius 1 is 0.543 bits per heavy atom. The van der Waals surface area contributed by atoms with Gasteiger partial charge in [-0.1, -0.05) is 211 Å². The second kappa shape index (κ2) is 37.4. The third-order valence-electron chi connectivity index (χ3n) is 26.2. The van der Waals surface area contributed by atoms with E-state index in [0.717, 1.165) is 30.4 Å². The van der Waals surface area contributed by atoms with Gasteiger partial charge in [-0.15, -0.1) is 0 Å². The van der Waals surface area contributed by atoms with Crippen molar-refractivity contribution in [1.29, 1.82) is 0 Å². The first-order valence-electron chi connectivity index (χ1n) is 41.7. The zero-order chi connectivity index (χ0) is 74.8. The molecule has 11 aliphatic rings. The third-order valence-corrected chi connectivity index (χ3v) is 27.2. The van der Waals surface area contributed by atoms with Gasteiger partial charge in [0.25, 0.3) is 0 Å². The lowest BCUT2D eigenvalue weighted by Crippen LogP contribution is -2.74. The number of allylic oxidation sites excluding steroid dienone is 4. The summed E-state index contributed by atoms with van der Waals surface area (Å²) in [6.07, 6.45) is 40.8. The highest BCUT2D eigenvalue weighted by atomic mass is 32.3. The quantitative estimate of drug-likeness (QED) is 0.0195. The van der Waals surface area contributed by atoms with Crippen LogP contribution < -0.4 is 0 Å². The van der Waals surface area contributed by atoms with Crippen molar-refractivity contribution >= 4 is 20.8 Å². The summed E-state index contributed by atoms with van der Waals surface area (Å²) in [5, 5.41) is 24.6. The zero-order valence-corrected chi connectivity index (χ0v) is 66.5. The average molecular weight is 1520 g/mol. The molecule has 0 bridgehead atoms. The van der Waals surface area contributed by atoms with Crippen molar-refractivity contribution in [2.45, 2.75) is 455 Å². The predicted octanol–water partition coefficient (Wildman–Crippen LogP) is 15.6. The van der Waals surface area contributed by atoms with Crippen LogP contribution in [0.25, 0.3) is 0 Å². The molecule has 11 heterocycles. The van der Waals surface area contributed by atoms with Gasteiger partial charge in [-0.05, 0) is 97.5 Å². The molecule has 0 radical (unpaired) electrons. The second-order valence-electron chi connectivity index (χ2n) is 35.0. The van der Waals surface area contributed by atoms with Crippen molar-refractivity contribution in [1.82, 2.24) is 0 Å². The van der Waals surface area contributed by atoms with E-state index in [9.17, 15) is 36.2 Å². The van der Waals surface area contributed by atoms with Crippen LogP contribution in [-0.2, 0) is 81.3 Å². The van der Waals surface area contributed by atoms with Crippen molar-refractivity contribution in [3.05, 3.63) is 48.6 Å². The standard InChI is InChI=1S/C82H136O21S2/c1-10-11-12-13-14-15-16-17-18-19-20-21-22-23-24-25-26-27-28-29-30-31-32-33-34-35-36-37-38-55(2)39-42-78(5,84)77-57(4)47-66-65(98-77)53-73-82(9,101-66)76(83)75-69(97-73)51-68-74(99-75)56(3)40-43-80(7)71(96-68)54-70-81(8,103-80)44-41-58-59(95-70)48-61-60(92-58)49-62-63(93-61)50-67-64(94-62)52-72(102-105(88,89)90)79(6,100-67)45-46-91-104(85,86)87/h36-37,39,42,56,58-77,83-84H,2,4,10-35,38,40-41,43-54H2,1,3,5-9H3,(H,85,86,87)(H,88,89,90)/b37-36+,42-39+/t56-,58-,59+,60+,61-,62-,63+,64+,65+,66-,67-,68-,69+,70-,71+,72-,73-,74+,75+,76-,77-,78+,79+,80-,81+,82-/m0/s1. The molecule has 4 N–H and O–H groups in total. The number of hydrogen-bond acceptors (Lipinski definition) is 19. The lowest BCUT2D eigenvalue weighted by molar-refractivity contribution is -0.369. The van der Waals surface area contributed by atoms with Crippen molar-refractivity contribution in [2.75, 3.05) is 6.61 Å². The lowest BCUT2D eigenvalue weighted by Gasteiger charge is -2.61. The van der Waals surface area contributed by atoms with Gasteiger partial charge in [-0.25, -0.2) is 8.37 Å². The van der Waals surface area contributed by atoms with Gasteiger partial charge in [0.1, 0.15) is 35.6 Å². The maximum atomic E-state index is 12.5. The van der Waals surface area contributed by atoms with Crippen LogP contribution in [0.2, 0.25) is 0 Å². The summed E-state index contributed by atoms with van der Waals surface area (Å²) < 4.78 is 152. The van der Waals surface area contributed by atoms with E-state index < -0.39 is 129 Å². The van der Waals surface area contributed by atoms with Crippen molar-refractivity contribution < 1.29 is 96.6 Å². The monoisotopic (exact) mass is 1520 g/mol. The molecule has 21 nitrogen and oxygen atoms in total. The minimum Gasteiger partial charge on any atom is -0.387 e. The summed E-state index contributed by atoms with van der Waals surface area (Å²) in [5.41, 5.74) is -3.61. The fourth-order valence-corrected chi connectivity index (χ4v) is 20.7. The average Bonchev–Trinajstić information content (AvgIpc) is 1.48. The minimum atomic E-state index is -4.95. The van der Waals surface area contributed by atoms with Crippen molar-refractivity contribution in [2.24, 2.45) is 5.92 Å². The van der Waals surface area contributed by atoms with E-state index in [2.05, 4.69) is 57.2 Å². The molecule has 0 aromatic carbocycles. The number of hydrogen-bond donors (Lipinski definition) is 4. The van der Waals surface area contributed by atoms with E-state index in [1.807, 2.05) is 13.0 Å². The summed E-state index contributed by atoms with van der Waals surface area (Å²) in [6.45, 7) is 22.2. The molecule has 11 rings (SSSR count). The third kappa shape index (κ3) is 22.1. The van der Waals surface area contributed by atoms with Gasteiger partial charge in [0.2, 0.25) is 0 Å². The molecule has 105 heavy (non-hydrogen) atoms. The molecule has 0 saturated carbocycles. The van der Waals surface area contributed by atoms with E-state index >= 15 is 0 Å². The van der Waals surface area contributed by atoms with Gasteiger partial charge in [0.05, 0.1) is 121 Å². The number of ether oxygens (including phenoxy) is 11. The largest absolute Gasteiger partial charge is 0.397 e. The van der Waals surface area contributed by atoms with Crippen LogP contribution in [0.1, 0.15) is 305 Å². The maximum absolute atomic E-state index is 12.5. The minimum absolute atomic E-state index is 0.00336. The topological polar surface area (TPSA) is 269 Å². The van der Waals surface area contributed by atoms with Gasteiger partial charge in [-0.3, -0.25) is 9.11 Å². The Bertz CT molecular complexity index is 3060. The van der Waals surface area contributed by atoms with Crippen LogP contribution in [0.4, 0.5) is 0 Å². The Kier molecular flexibility index (Phi) is 30.0. The summed E-state index contributed by atoms with van der Waals surface area (Å²) in [6, 6.07) is 0. The van der Waals surface area contributed by atoms with Gasteiger partial charge in [0.15, 0.2) is 0 Å².